The number of hydrogen-bond acceptors (Lipinski definition) is 5. The molecule has 6 nitrogen and oxygen atoms in total. The third kappa shape index (κ3) is 4.64. The lowest BCUT2D eigenvalue weighted by molar-refractivity contribution is -0.139. The summed E-state index contributed by atoms with van der Waals surface area (Å²) in [5.74, 6) is 0.548. The van der Waals surface area contributed by atoms with E-state index in [-0.39, 0.29) is 17.6 Å². The van der Waals surface area contributed by atoms with Gasteiger partial charge in [0.15, 0.2) is 6.10 Å². The van der Waals surface area contributed by atoms with Gasteiger partial charge in [0, 0.05) is 30.1 Å². The van der Waals surface area contributed by atoms with Crippen molar-refractivity contribution < 1.29 is 13.9 Å². The Kier molecular flexibility index (Phi) is 6.63. The largest absolute Gasteiger partial charge is 0.480 e. The zero-order chi connectivity index (χ0) is 21.1. The number of rotatable bonds is 6. The van der Waals surface area contributed by atoms with Crippen molar-refractivity contribution in [1.82, 2.24) is 9.80 Å². The Balaban J connectivity index is 1.79. The van der Waals surface area contributed by atoms with E-state index in [1.54, 1.807) is 13.0 Å². The van der Waals surface area contributed by atoms with Crippen molar-refractivity contribution in [3.8, 4) is 5.75 Å². The molecule has 6 heteroatoms. The van der Waals surface area contributed by atoms with Gasteiger partial charge in [0.2, 0.25) is 0 Å². The predicted octanol–water partition coefficient (Wildman–Crippen LogP) is 3.37. The molecule has 0 bridgehead atoms. The van der Waals surface area contributed by atoms with Crippen LogP contribution in [0, 0.1) is 6.92 Å². The molecular weight excluding hydrogens is 368 g/mol. The average Bonchev–Trinajstić information content (AvgIpc) is 2.70. The van der Waals surface area contributed by atoms with Gasteiger partial charge in [0.1, 0.15) is 11.3 Å². The molecule has 158 valence electrons. The second-order valence-electron chi connectivity index (χ2n) is 8.15. The summed E-state index contributed by atoms with van der Waals surface area (Å²) in [6, 6.07) is 5.60. The van der Waals surface area contributed by atoms with E-state index in [0.717, 1.165) is 55.3 Å². The van der Waals surface area contributed by atoms with Crippen LogP contribution in [0.25, 0.3) is 11.0 Å². The van der Waals surface area contributed by atoms with Gasteiger partial charge in [-0.1, -0.05) is 13.3 Å². The van der Waals surface area contributed by atoms with Crippen LogP contribution in [0.3, 0.4) is 0 Å². The second-order valence-corrected chi connectivity index (χ2v) is 8.15. The maximum absolute atomic E-state index is 12.9. The molecule has 0 saturated carbocycles. The van der Waals surface area contributed by atoms with E-state index in [1.165, 1.54) is 0 Å². The van der Waals surface area contributed by atoms with E-state index in [9.17, 15) is 9.59 Å². The predicted molar refractivity (Wildman–Crippen MR) is 115 cm³/mol. The standard InChI is InChI=1S/C23H32N2O4/c1-6-7-17-14-21(26)29-22-15(2)20(9-8-19(17)22)28-16(3)23(27)25(5)18-10-12-24(4)13-11-18/h8-9,14,16,18H,6-7,10-13H2,1-5H3. The molecule has 1 unspecified atom stereocenters. The maximum Gasteiger partial charge on any atom is 0.336 e. The Morgan fingerprint density at radius 3 is 2.69 bits per heavy atom. The summed E-state index contributed by atoms with van der Waals surface area (Å²) in [6.07, 6.45) is 3.11. The fourth-order valence-corrected chi connectivity index (χ4v) is 4.10. The molecule has 0 spiro atoms. The van der Waals surface area contributed by atoms with E-state index in [1.807, 2.05) is 31.0 Å². The summed E-state index contributed by atoms with van der Waals surface area (Å²) in [4.78, 5) is 29.0. The van der Waals surface area contributed by atoms with Crippen molar-refractivity contribution in [3.05, 3.63) is 39.7 Å². The fraction of sp³-hybridized carbons (Fsp3) is 0.565. The molecule has 0 N–H and O–H groups in total. The van der Waals surface area contributed by atoms with Crippen LogP contribution in [-0.2, 0) is 11.2 Å². The van der Waals surface area contributed by atoms with E-state index in [4.69, 9.17) is 9.15 Å². The van der Waals surface area contributed by atoms with Gasteiger partial charge in [-0.3, -0.25) is 4.79 Å². The fourth-order valence-electron chi connectivity index (χ4n) is 4.10. The lowest BCUT2D eigenvalue weighted by Gasteiger charge is -2.36. The number of benzene rings is 1. The zero-order valence-electron chi connectivity index (χ0n) is 18.2. The SMILES string of the molecule is CCCc1cc(=O)oc2c(C)c(OC(C)C(=O)N(C)C3CCN(C)CC3)ccc12. The second kappa shape index (κ2) is 8.99. The van der Waals surface area contributed by atoms with Crippen molar-refractivity contribution >= 4 is 16.9 Å². The number of carbonyl (C=O) groups excluding carboxylic acids is 1. The van der Waals surface area contributed by atoms with Gasteiger partial charge in [-0.2, -0.15) is 0 Å². The van der Waals surface area contributed by atoms with Gasteiger partial charge >= 0.3 is 5.63 Å². The first-order valence-corrected chi connectivity index (χ1v) is 10.5. The van der Waals surface area contributed by atoms with Crippen molar-refractivity contribution in [1.29, 1.82) is 0 Å². The van der Waals surface area contributed by atoms with Crippen LogP contribution in [0.5, 0.6) is 5.75 Å². The molecule has 0 radical (unpaired) electrons. The van der Waals surface area contributed by atoms with Crippen molar-refractivity contribution in [2.75, 3.05) is 27.2 Å². The number of fused-ring (bicyclic) bond motifs is 1. The van der Waals surface area contributed by atoms with Gasteiger partial charge in [-0.25, -0.2) is 4.79 Å². The first-order chi connectivity index (χ1) is 13.8. The highest BCUT2D eigenvalue weighted by Crippen LogP contribution is 2.30. The Bertz CT molecular complexity index is 928. The number of hydrogen-bond donors (Lipinski definition) is 0. The zero-order valence-corrected chi connectivity index (χ0v) is 18.2. The Morgan fingerprint density at radius 1 is 1.34 bits per heavy atom. The number of nitrogens with zero attached hydrogens (tertiary/aromatic N) is 2. The third-order valence-electron chi connectivity index (χ3n) is 5.95. The number of carbonyl (C=O) groups is 1. The van der Waals surface area contributed by atoms with Gasteiger partial charge in [0.25, 0.3) is 5.91 Å². The van der Waals surface area contributed by atoms with Crippen molar-refractivity contribution in [2.45, 2.75) is 58.6 Å². The third-order valence-corrected chi connectivity index (χ3v) is 5.95. The number of likely N-dealkylation sites (tertiary alicyclic amines) is 1. The molecule has 0 aliphatic carbocycles. The molecule has 29 heavy (non-hydrogen) atoms. The highest BCUT2D eigenvalue weighted by Gasteiger charge is 2.28. The molecule has 1 aromatic carbocycles. The lowest BCUT2D eigenvalue weighted by atomic mass is 10.0. The molecular formula is C23H32N2O4. The molecule has 1 saturated heterocycles. The smallest absolute Gasteiger partial charge is 0.336 e. The monoisotopic (exact) mass is 400 g/mol. The molecule has 1 amide bonds. The van der Waals surface area contributed by atoms with Gasteiger partial charge < -0.3 is 19.0 Å². The van der Waals surface area contributed by atoms with Crippen LogP contribution in [-0.4, -0.2) is 55.0 Å². The Labute approximate surface area is 172 Å². The Hall–Kier alpha value is -2.34. The van der Waals surface area contributed by atoms with Gasteiger partial charge in [-0.05, 0) is 70.9 Å². The summed E-state index contributed by atoms with van der Waals surface area (Å²) >= 11 is 0. The minimum absolute atomic E-state index is 0.0276. The van der Waals surface area contributed by atoms with Crippen LogP contribution in [0.2, 0.25) is 0 Å². The molecule has 1 atom stereocenters. The van der Waals surface area contributed by atoms with Crippen LogP contribution < -0.4 is 10.4 Å². The lowest BCUT2D eigenvalue weighted by Crippen LogP contribution is -2.48. The van der Waals surface area contributed by atoms with E-state index in [0.29, 0.717) is 11.3 Å². The van der Waals surface area contributed by atoms with Gasteiger partial charge in [0.05, 0.1) is 0 Å². The highest BCUT2D eigenvalue weighted by atomic mass is 16.5. The molecule has 2 aromatic rings. The van der Waals surface area contributed by atoms with Gasteiger partial charge in [-0.15, -0.1) is 0 Å². The van der Waals surface area contributed by atoms with E-state index >= 15 is 0 Å². The summed E-state index contributed by atoms with van der Waals surface area (Å²) < 4.78 is 11.5. The topological polar surface area (TPSA) is 63.0 Å². The summed E-state index contributed by atoms with van der Waals surface area (Å²) in [5, 5.41) is 0.929. The van der Waals surface area contributed by atoms with E-state index in [2.05, 4.69) is 18.9 Å². The van der Waals surface area contributed by atoms with E-state index < -0.39 is 6.10 Å². The van der Waals surface area contributed by atoms with Crippen LogP contribution in [0.4, 0.5) is 0 Å². The normalized spacial score (nSPS) is 16.7. The van der Waals surface area contributed by atoms with Crippen molar-refractivity contribution in [3.63, 3.8) is 0 Å². The number of amides is 1. The van der Waals surface area contributed by atoms with Crippen molar-refractivity contribution in [2.24, 2.45) is 0 Å². The number of ether oxygens (including phenoxy) is 1. The molecule has 1 fully saturated rings. The molecule has 3 rings (SSSR count). The minimum Gasteiger partial charge on any atom is -0.480 e. The first kappa shape index (κ1) is 21.4. The number of piperidine rings is 1. The van der Waals surface area contributed by atoms with Crippen LogP contribution in [0.15, 0.2) is 27.4 Å². The first-order valence-electron chi connectivity index (χ1n) is 10.5. The quantitative estimate of drug-likeness (QED) is 0.696. The molecule has 1 aliphatic heterocycles. The molecule has 1 aliphatic rings. The number of likely N-dealkylation sites (N-methyl/N-ethyl adjacent to an activating group) is 1. The summed E-state index contributed by atoms with van der Waals surface area (Å²) in [5.41, 5.74) is 1.92. The highest BCUT2D eigenvalue weighted by molar-refractivity contribution is 5.85. The molecule has 2 heterocycles. The minimum atomic E-state index is -0.610. The molecule has 1 aromatic heterocycles. The summed E-state index contributed by atoms with van der Waals surface area (Å²) in [7, 11) is 3.97. The van der Waals surface area contributed by atoms with Crippen LogP contribution in [0.1, 0.15) is 44.2 Å². The average molecular weight is 401 g/mol. The summed E-state index contributed by atoms with van der Waals surface area (Å²) in [6.45, 7) is 7.73. The Morgan fingerprint density at radius 2 is 2.03 bits per heavy atom. The maximum atomic E-state index is 12.9. The van der Waals surface area contributed by atoms with Crippen LogP contribution >= 0.6 is 0 Å². The number of aryl methyl sites for hydroxylation is 2.